The summed E-state index contributed by atoms with van der Waals surface area (Å²) in [6.07, 6.45) is 1.86. The zero-order valence-electron chi connectivity index (χ0n) is 15.9. The first-order valence-corrected chi connectivity index (χ1v) is 9.30. The number of piperidine rings is 1. The normalized spacial score (nSPS) is 16.2. The van der Waals surface area contributed by atoms with E-state index in [9.17, 15) is 9.59 Å². The summed E-state index contributed by atoms with van der Waals surface area (Å²) < 4.78 is 10.5. The summed E-state index contributed by atoms with van der Waals surface area (Å²) >= 11 is 0. The molecule has 1 aromatic carbocycles. The van der Waals surface area contributed by atoms with Crippen molar-refractivity contribution in [2.45, 2.75) is 39.2 Å². The van der Waals surface area contributed by atoms with Gasteiger partial charge in [-0.3, -0.25) is 4.79 Å². The topological polar surface area (TPSA) is 67.9 Å². The Morgan fingerprint density at radius 1 is 1.19 bits per heavy atom. The van der Waals surface area contributed by atoms with Gasteiger partial charge in [0.1, 0.15) is 11.8 Å². The Hall–Kier alpha value is -2.24. The summed E-state index contributed by atoms with van der Waals surface area (Å²) in [7, 11) is 1.31. The molecule has 0 spiro atoms. The second-order valence-corrected chi connectivity index (χ2v) is 7.21. The van der Waals surface area contributed by atoms with Gasteiger partial charge < -0.3 is 19.7 Å². The lowest BCUT2D eigenvalue weighted by molar-refractivity contribution is -0.135. The lowest BCUT2D eigenvalue weighted by Gasteiger charge is -2.34. The van der Waals surface area contributed by atoms with Crippen molar-refractivity contribution < 1.29 is 19.1 Å². The molecule has 144 valence electrons. The van der Waals surface area contributed by atoms with Gasteiger partial charge in [0.15, 0.2) is 0 Å². The molecule has 1 unspecified atom stereocenters. The largest absolute Gasteiger partial charge is 0.493 e. The SMILES string of the molecule is COC(=O)NC(CC(C)C)C(=O)N1CCC(COc2ccccc2)CC1. The van der Waals surface area contributed by atoms with E-state index >= 15 is 0 Å². The molecular weight excluding hydrogens is 332 g/mol. The smallest absolute Gasteiger partial charge is 0.407 e. The van der Waals surface area contributed by atoms with Crippen molar-refractivity contribution in [2.75, 3.05) is 26.8 Å². The molecule has 0 aliphatic carbocycles. The lowest BCUT2D eigenvalue weighted by atomic mass is 9.96. The second kappa shape index (κ2) is 10.0. The molecule has 1 N–H and O–H groups in total. The molecule has 0 saturated carbocycles. The van der Waals surface area contributed by atoms with Gasteiger partial charge in [0.25, 0.3) is 0 Å². The maximum absolute atomic E-state index is 12.8. The Morgan fingerprint density at radius 2 is 1.85 bits per heavy atom. The number of hydrogen-bond acceptors (Lipinski definition) is 4. The molecule has 6 heteroatoms. The standard InChI is InChI=1S/C20H30N2O4/c1-15(2)13-18(21-20(24)25-3)19(23)22-11-9-16(10-12-22)14-26-17-7-5-4-6-8-17/h4-8,15-16,18H,9-14H2,1-3H3,(H,21,24). The number of alkyl carbamates (subject to hydrolysis) is 1. The summed E-state index contributed by atoms with van der Waals surface area (Å²) in [5.41, 5.74) is 0. The van der Waals surface area contributed by atoms with E-state index in [1.807, 2.05) is 49.1 Å². The number of nitrogens with one attached hydrogen (secondary N) is 1. The van der Waals surface area contributed by atoms with Gasteiger partial charge in [-0.2, -0.15) is 0 Å². The third kappa shape index (κ3) is 6.24. The minimum Gasteiger partial charge on any atom is -0.493 e. The van der Waals surface area contributed by atoms with Crippen LogP contribution in [0.25, 0.3) is 0 Å². The molecule has 1 aromatic rings. The summed E-state index contributed by atoms with van der Waals surface area (Å²) in [6.45, 7) is 6.12. The number of likely N-dealkylation sites (tertiary alicyclic amines) is 1. The number of hydrogen-bond donors (Lipinski definition) is 1. The van der Waals surface area contributed by atoms with Crippen LogP contribution < -0.4 is 10.1 Å². The summed E-state index contributed by atoms with van der Waals surface area (Å²) in [5.74, 6) is 1.60. The first-order chi connectivity index (χ1) is 12.5. The molecule has 1 atom stereocenters. The fraction of sp³-hybridized carbons (Fsp3) is 0.600. The van der Waals surface area contributed by atoms with Gasteiger partial charge in [0, 0.05) is 13.1 Å². The van der Waals surface area contributed by atoms with Crippen LogP contribution in [-0.2, 0) is 9.53 Å². The molecule has 1 fully saturated rings. The van der Waals surface area contributed by atoms with Crippen LogP contribution in [0, 0.1) is 11.8 Å². The molecule has 6 nitrogen and oxygen atoms in total. The maximum atomic E-state index is 12.8. The number of carbonyl (C=O) groups excluding carboxylic acids is 2. The minimum atomic E-state index is -0.560. The predicted octanol–water partition coefficient (Wildman–Crippen LogP) is 3.07. The fourth-order valence-corrected chi connectivity index (χ4v) is 3.17. The van der Waals surface area contributed by atoms with Crippen molar-refractivity contribution in [3.05, 3.63) is 30.3 Å². The first-order valence-electron chi connectivity index (χ1n) is 9.30. The van der Waals surface area contributed by atoms with E-state index < -0.39 is 12.1 Å². The first kappa shape index (κ1) is 20.1. The Kier molecular flexibility index (Phi) is 7.75. The van der Waals surface area contributed by atoms with Crippen LogP contribution in [0.5, 0.6) is 5.75 Å². The van der Waals surface area contributed by atoms with E-state index in [0.29, 0.717) is 38.0 Å². The van der Waals surface area contributed by atoms with Crippen LogP contribution in [0.3, 0.4) is 0 Å². The number of amides is 2. The summed E-state index contributed by atoms with van der Waals surface area (Å²) in [5, 5.41) is 2.68. The molecule has 1 saturated heterocycles. The Balaban J connectivity index is 1.82. The quantitative estimate of drug-likeness (QED) is 0.809. The van der Waals surface area contributed by atoms with Crippen molar-refractivity contribution in [3.8, 4) is 5.75 Å². The number of benzene rings is 1. The van der Waals surface area contributed by atoms with Gasteiger partial charge in [-0.15, -0.1) is 0 Å². The molecule has 1 heterocycles. The van der Waals surface area contributed by atoms with Crippen LogP contribution in [0.2, 0.25) is 0 Å². The average Bonchev–Trinajstić information content (AvgIpc) is 2.66. The Labute approximate surface area is 155 Å². The predicted molar refractivity (Wildman–Crippen MR) is 100 cm³/mol. The minimum absolute atomic E-state index is 0.0217. The fourth-order valence-electron chi connectivity index (χ4n) is 3.17. The van der Waals surface area contributed by atoms with E-state index in [0.717, 1.165) is 18.6 Å². The number of nitrogens with zero attached hydrogens (tertiary/aromatic N) is 1. The van der Waals surface area contributed by atoms with Gasteiger partial charge in [-0.1, -0.05) is 32.0 Å². The van der Waals surface area contributed by atoms with E-state index in [1.165, 1.54) is 7.11 Å². The number of para-hydroxylation sites is 1. The van der Waals surface area contributed by atoms with Gasteiger partial charge in [-0.05, 0) is 43.2 Å². The molecule has 2 amide bonds. The molecular formula is C20H30N2O4. The number of rotatable bonds is 7. The zero-order valence-corrected chi connectivity index (χ0v) is 15.9. The van der Waals surface area contributed by atoms with Crippen LogP contribution >= 0.6 is 0 Å². The van der Waals surface area contributed by atoms with Crippen molar-refractivity contribution >= 4 is 12.0 Å². The number of ether oxygens (including phenoxy) is 2. The van der Waals surface area contributed by atoms with E-state index in [-0.39, 0.29) is 5.91 Å². The molecule has 0 bridgehead atoms. The van der Waals surface area contributed by atoms with Crippen molar-refractivity contribution in [2.24, 2.45) is 11.8 Å². The highest BCUT2D eigenvalue weighted by Gasteiger charge is 2.30. The molecule has 26 heavy (non-hydrogen) atoms. The van der Waals surface area contributed by atoms with E-state index in [4.69, 9.17) is 4.74 Å². The average molecular weight is 362 g/mol. The molecule has 0 radical (unpaired) electrons. The van der Waals surface area contributed by atoms with Crippen molar-refractivity contribution in [1.29, 1.82) is 0 Å². The lowest BCUT2D eigenvalue weighted by Crippen LogP contribution is -2.51. The Bertz CT molecular complexity index is 568. The third-order valence-corrected chi connectivity index (χ3v) is 4.64. The van der Waals surface area contributed by atoms with E-state index in [2.05, 4.69) is 10.1 Å². The number of methoxy groups -OCH3 is 1. The summed E-state index contributed by atoms with van der Waals surface area (Å²) in [6, 6.07) is 9.26. The van der Waals surface area contributed by atoms with Gasteiger partial charge in [-0.25, -0.2) is 4.79 Å². The molecule has 1 aliphatic rings. The van der Waals surface area contributed by atoms with Crippen LogP contribution in [0.1, 0.15) is 33.1 Å². The highest BCUT2D eigenvalue weighted by atomic mass is 16.5. The number of carbonyl (C=O) groups is 2. The van der Waals surface area contributed by atoms with E-state index in [1.54, 1.807) is 0 Å². The summed E-state index contributed by atoms with van der Waals surface area (Å²) in [4.78, 5) is 26.2. The molecule has 1 aliphatic heterocycles. The molecule has 2 rings (SSSR count). The van der Waals surface area contributed by atoms with Crippen molar-refractivity contribution in [3.63, 3.8) is 0 Å². The third-order valence-electron chi connectivity index (χ3n) is 4.64. The maximum Gasteiger partial charge on any atom is 0.407 e. The highest BCUT2D eigenvalue weighted by molar-refractivity contribution is 5.85. The van der Waals surface area contributed by atoms with Crippen molar-refractivity contribution in [1.82, 2.24) is 10.2 Å². The zero-order chi connectivity index (χ0) is 18.9. The van der Waals surface area contributed by atoms with Crippen LogP contribution in [0.4, 0.5) is 4.79 Å². The Morgan fingerprint density at radius 3 is 2.42 bits per heavy atom. The van der Waals surface area contributed by atoms with Crippen LogP contribution in [0.15, 0.2) is 30.3 Å². The van der Waals surface area contributed by atoms with Gasteiger partial charge in [0.2, 0.25) is 5.91 Å². The van der Waals surface area contributed by atoms with Gasteiger partial charge in [0.05, 0.1) is 13.7 Å². The monoisotopic (exact) mass is 362 g/mol. The van der Waals surface area contributed by atoms with Crippen LogP contribution in [-0.4, -0.2) is 49.7 Å². The van der Waals surface area contributed by atoms with Gasteiger partial charge >= 0.3 is 6.09 Å². The highest BCUT2D eigenvalue weighted by Crippen LogP contribution is 2.21. The second-order valence-electron chi connectivity index (χ2n) is 7.21. The molecule has 0 aromatic heterocycles.